The number of aromatic amines is 1. The number of hydrogen-bond acceptors (Lipinski definition) is 6. The molecule has 0 saturated carbocycles. The molecule has 3 aromatic heterocycles. The molecule has 0 aliphatic heterocycles. The van der Waals surface area contributed by atoms with E-state index in [1.54, 1.807) is 16.7 Å². The molecule has 0 unspecified atom stereocenters. The van der Waals surface area contributed by atoms with Crippen molar-refractivity contribution in [1.29, 1.82) is 0 Å². The maximum Gasteiger partial charge on any atom is 0.266 e. The monoisotopic (exact) mass is 429 g/mol. The van der Waals surface area contributed by atoms with E-state index in [1.807, 2.05) is 44.2 Å². The normalized spacial score (nSPS) is 12.3. The zero-order valence-electron chi connectivity index (χ0n) is 17.4. The molecule has 5 aromatic rings. The predicted molar refractivity (Wildman–Crippen MR) is 122 cm³/mol. The standard InChI is InChI=1S/C23H20FN7O/c1-12-6-3-4-9-16(12)31-17(10-14-7-5-8-15(24)18(14)22(31)32)13(2)28-21-19-20(27-11-26-19)29-23(25)30-21/h3-11,13H,1-2H3,(H4,25,26,27,28,29,30)/t13-/m1/s1. The van der Waals surface area contributed by atoms with Crippen LogP contribution in [0.4, 0.5) is 16.2 Å². The van der Waals surface area contributed by atoms with Gasteiger partial charge in [-0.25, -0.2) is 9.37 Å². The number of anilines is 2. The summed E-state index contributed by atoms with van der Waals surface area (Å²) in [6.07, 6.45) is 1.51. The van der Waals surface area contributed by atoms with E-state index in [2.05, 4.69) is 25.3 Å². The molecule has 3 heterocycles. The number of nitrogens with two attached hydrogens (primary N) is 1. The van der Waals surface area contributed by atoms with Crippen LogP contribution < -0.4 is 16.6 Å². The van der Waals surface area contributed by atoms with E-state index in [1.165, 1.54) is 12.4 Å². The number of nitrogen functional groups attached to an aromatic ring is 1. The molecule has 160 valence electrons. The Morgan fingerprint density at radius 2 is 1.97 bits per heavy atom. The Hall–Kier alpha value is -4.27. The van der Waals surface area contributed by atoms with Gasteiger partial charge in [-0.05, 0) is 43.0 Å². The molecule has 0 fully saturated rings. The van der Waals surface area contributed by atoms with E-state index in [0.29, 0.717) is 33.7 Å². The van der Waals surface area contributed by atoms with Crippen LogP contribution in [0.5, 0.6) is 0 Å². The molecule has 0 amide bonds. The molecular formula is C23H20FN7O. The van der Waals surface area contributed by atoms with E-state index in [-0.39, 0.29) is 11.3 Å². The van der Waals surface area contributed by atoms with Crippen LogP contribution in [-0.2, 0) is 0 Å². The van der Waals surface area contributed by atoms with Gasteiger partial charge in [0.1, 0.15) is 11.3 Å². The second-order valence-electron chi connectivity index (χ2n) is 7.60. The van der Waals surface area contributed by atoms with Crippen LogP contribution >= 0.6 is 0 Å². The van der Waals surface area contributed by atoms with Gasteiger partial charge in [-0.15, -0.1) is 0 Å². The van der Waals surface area contributed by atoms with E-state index >= 15 is 0 Å². The molecule has 0 aliphatic rings. The van der Waals surface area contributed by atoms with Crippen LogP contribution in [0, 0.1) is 12.7 Å². The lowest BCUT2D eigenvalue weighted by atomic mass is 10.1. The number of H-pyrrole nitrogens is 1. The van der Waals surface area contributed by atoms with Crippen LogP contribution in [0.2, 0.25) is 0 Å². The highest BCUT2D eigenvalue weighted by Crippen LogP contribution is 2.27. The second kappa shape index (κ2) is 7.45. The van der Waals surface area contributed by atoms with Crippen molar-refractivity contribution < 1.29 is 4.39 Å². The Balaban J connectivity index is 1.74. The fourth-order valence-corrected chi connectivity index (χ4v) is 3.95. The summed E-state index contributed by atoms with van der Waals surface area (Å²) in [6, 6.07) is 13.5. The zero-order valence-corrected chi connectivity index (χ0v) is 17.4. The number of halogens is 1. The van der Waals surface area contributed by atoms with Crippen molar-refractivity contribution in [2.45, 2.75) is 19.9 Å². The Morgan fingerprint density at radius 1 is 1.16 bits per heavy atom. The zero-order chi connectivity index (χ0) is 22.4. The number of imidazole rings is 1. The number of aryl methyl sites for hydroxylation is 1. The highest BCUT2D eigenvalue weighted by atomic mass is 19.1. The summed E-state index contributed by atoms with van der Waals surface area (Å²) < 4.78 is 16.2. The van der Waals surface area contributed by atoms with Crippen molar-refractivity contribution in [1.82, 2.24) is 24.5 Å². The summed E-state index contributed by atoms with van der Waals surface area (Å²) in [6.45, 7) is 3.80. The quantitative estimate of drug-likeness (QED) is 0.400. The molecule has 4 N–H and O–H groups in total. The molecule has 9 heteroatoms. The SMILES string of the molecule is Cc1ccccc1-n1c([C@@H](C)Nc2nc(N)nc3[nH]cnc23)cc2cccc(F)c2c1=O. The van der Waals surface area contributed by atoms with E-state index < -0.39 is 17.4 Å². The minimum absolute atomic E-state index is 0.0488. The molecule has 0 radical (unpaired) electrons. The molecule has 0 spiro atoms. The van der Waals surface area contributed by atoms with Gasteiger partial charge in [-0.2, -0.15) is 9.97 Å². The van der Waals surface area contributed by atoms with Gasteiger partial charge in [0.05, 0.1) is 23.4 Å². The third kappa shape index (κ3) is 3.15. The highest BCUT2D eigenvalue weighted by Gasteiger charge is 2.20. The minimum atomic E-state index is -0.552. The van der Waals surface area contributed by atoms with E-state index in [0.717, 1.165) is 5.56 Å². The molecular weight excluding hydrogens is 409 g/mol. The summed E-state index contributed by atoms with van der Waals surface area (Å²) in [5.74, 6) is -0.0264. The number of nitrogens with one attached hydrogen (secondary N) is 2. The second-order valence-corrected chi connectivity index (χ2v) is 7.60. The number of hydrogen-bond donors (Lipinski definition) is 3. The maximum absolute atomic E-state index is 14.6. The lowest BCUT2D eigenvalue weighted by molar-refractivity contribution is 0.637. The van der Waals surface area contributed by atoms with Gasteiger partial charge < -0.3 is 16.0 Å². The van der Waals surface area contributed by atoms with Gasteiger partial charge in [0.25, 0.3) is 5.56 Å². The van der Waals surface area contributed by atoms with Crippen molar-refractivity contribution in [2.75, 3.05) is 11.1 Å². The first-order valence-electron chi connectivity index (χ1n) is 10.1. The van der Waals surface area contributed by atoms with Crippen LogP contribution in [-0.4, -0.2) is 24.5 Å². The number of rotatable bonds is 4. The molecule has 0 bridgehead atoms. The number of nitrogens with zero attached hydrogens (tertiary/aromatic N) is 4. The summed E-state index contributed by atoms with van der Waals surface area (Å²) in [5.41, 5.74) is 8.67. The Kier molecular flexibility index (Phi) is 4.58. The van der Waals surface area contributed by atoms with Crippen molar-refractivity contribution in [3.8, 4) is 5.69 Å². The first-order valence-corrected chi connectivity index (χ1v) is 10.1. The summed E-state index contributed by atoms with van der Waals surface area (Å²) in [7, 11) is 0. The van der Waals surface area contributed by atoms with Crippen molar-refractivity contribution in [3.63, 3.8) is 0 Å². The van der Waals surface area contributed by atoms with Gasteiger partial charge in [0.2, 0.25) is 5.95 Å². The van der Waals surface area contributed by atoms with Crippen LogP contribution in [0.15, 0.2) is 59.7 Å². The lowest BCUT2D eigenvalue weighted by Crippen LogP contribution is -2.27. The van der Waals surface area contributed by atoms with Gasteiger partial charge in [0, 0.05) is 5.69 Å². The number of benzene rings is 2. The predicted octanol–water partition coefficient (Wildman–Crippen LogP) is 3.86. The summed E-state index contributed by atoms with van der Waals surface area (Å²) in [4.78, 5) is 29.1. The third-order valence-corrected chi connectivity index (χ3v) is 5.47. The fraction of sp³-hybridized carbons (Fsp3) is 0.130. The number of para-hydroxylation sites is 1. The summed E-state index contributed by atoms with van der Waals surface area (Å²) >= 11 is 0. The van der Waals surface area contributed by atoms with Gasteiger partial charge in [0.15, 0.2) is 11.5 Å². The summed E-state index contributed by atoms with van der Waals surface area (Å²) in [5, 5.41) is 3.87. The first kappa shape index (κ1) is 19.7. The molecule has 0 saturated heterocycles. The average molecular weight is 429 g/mol. The van der Waals surface area contributed by atoms with E-state index in [9.17, 15) is 9.18 Å². The molecule has 8 nitrogen and oxygen atoms in total. The average Bonchev–Trinajstić information content (AvgIpc) is 3.23. The van der Waals surface area contributed by atoms with Crippen LogP contribution in [0.3, 0.4) is 0 Å². The minimum Gasteiger partial charge on any atom is -0.368 e. The van der Waals surface area contributed by atoms with Gasteiger partial charge >= 0.3 is 0 Å². The van der Waals surface area contributed by atoms with Gasteiger partial charge in [-0.3, -0.25) is 9.36 Å². The molecule has 5 rings (SSSR count). The van der Waals surface area contributed by atoms with Crippen LogP contribution in [0.25, 0.3) is 27.6 Å². The van der Waals surface area contributed by atoms with E-state index in [4.69, 9.17) is 5.73 Å². The fourth-order valence-electron chi connectivity index (χ4n) is 3.95. The Labute approximate surface area is 182 Å². The molecule has 2 aromatic carbocycles. The largest absolute Gasteiger partial charge is 0.368 e. The number of fused-ring (bicyclic) bond motifs is 2. The maximum atomic E-state index is 14.6. The van der Waals surface area contributed by atoms with Crippen molar-refractivity contribution >= 4 is 33.7 Å². The first-order chi connectivity index (χ1) is 15.4. The van der Waals surface area contributed by atoms with Crippen molar-refractivity contribution in [2.24, 2.45) is 0 Å². The Bertz CT molecular complexity index is 1540. The highest BCUT2D eigenvalue weighted by molar-refractivity contribution is 5.85. The Morgan fingerprint density at radius 3 is 2.78 bits per heavy atom. The number of pyridine rings is 1. The van der Waals surface area contributed by atoms with Gasteiger partial charge in [-0.1, -0.05) is 30.3 Å². The third-order valence-electron chi connectivity index (χ3n) is 5.47. The molecule has 32 heavy (non-hydrogen) atoms. The number of aromatic nitrogens is 5. The van der Waals surface area contributed by atoms with Crippen LogP contribution in [0.1, 0.15) is 24.2 Å². The smallest absolute Gasteiger partial charge is 0.266 e. The molecule has 0 aliphatic carbocycles. The lowest BCUT2D eigenvalue weighted by Gasteiger charge is -2.22. The van der Waals surface area contributed by atoms with Crippen molar-refractivity contribution in [3.05, 3.63) is 82.3 Å². The topological polar surface area (TPSA) is 115 Å². The molecule has 1 atom stereocenters.